The number of rotatable bonds is 5. The van der Waals surface area contributed by atoms with E-state index < -0.39 is 0 Å². The van der Waals surface area contributed by atoms with Crippen molar-refractivity contribution in [3.8, 4) is 28.7 Å². The molecular weight excluding hydrogens is 1110 g/mol. The van der Waals surface area contributed by atoms with Gasteiger partial charge in [-0.05, 0) is 193 Å². The molecule has 0 fully saturated rings. The van der Waals surface area contributed by atoms with Gasteiger partial charge in [-0.15, -0.1) is 0 Å². The van der Waals surface area contributed by atoms with E-state index in [9.17, 15) is 4.39 Å². The van der Waals surface area contributed by atoms with Gasteiger partial charge in [0.25, 0.3) is 0 Å². The fourth-order valence-corrected chi connectivity index (χ4v) is 11.3. The molecule has 5 aliphatic rings. The molecule has 0 unspecified atom stereocenters. The van der Waals surface area contributed by atoms with Gasteiger partial charge in [0, 0.05) is 35.1 Å². The molecule has 0 radical (unpaired) electrons. The summed E-state index contributed by atoms with van der Waals surface area (Å²) in [5, 5.41) is 6.10. The van der Waals surface area contributed by atoms with Gasteiger partial charge in [0.2, 0.25) is 0 Å². The maximum absolute atomic E-state index is 13.4. The molecule has 0 amide bonds. The first-order valence-electron chi connectivity index (χ1n) is 31.2. The second kappa shape index (κ2) is 32.8. The lowest BCUT2D eigenvalue weighted by atomic mass is 9.95. The lowest BCUT2D eigenvalue weighted by Gasteiger charge is -2.22. The highest BCUT2D eigenvalue weighted by atomic mass is 35.5. The number of hydrogen-bond donors (Lipinski definition) is 1. The first-order chi connectivity index (χ1) is 41.3. The van der Waals surface area contributed by atoms with E-state index in [1.165, 1.54) is 73.9 Å². The van der Waals surface area contributed by atoms with E-state index in [0.29, 0.717) is 48.6 Å². The zero-order valence-electron chi connectivity index (χ0n) is 53.4. The Balaban J connectivity index is 0.000000145. The number of nitrogens with one attached hydrogen (secondary N) is 1. The molecule has 0 saturated heterocycles. The van der Waals surface area contributed by atoms with Gasteiger partial charge in [-0.3, -0.25) is 4.98 Å². The highest BCUT2D eigenvalue weighted by Gasteiger charge is 2.21. The Morgan fingerprint density at radius 1 is 0.477 bits per heavy atom. The number of halogens is 3. The molecule has 7 aromatic carbocycles. The Morgan fingerprint density at radius 2 is 1.02 bits per heavy atom. The summed E-state index contributed by atoms with van der Waals surface area (Å²) in [6, 6.07) is 43.4. The number of ether oxygens (including phenoxy) is 5. The van der Waals surface area contributed by atoms with E-state index in [1.807, 2.05) is 50.4 Å². The molecule has 6 heterocycles. The number of pyridine rings is 1. The van der Waals surface area contributed by atoms with E-state index in [2.05, 4.69) is 177 Å². The van der Waals surface area contributed by atoms with E-state index in [-0.39, 0.29) is 5.82 Å². The third-order valence-corrected chi connectivity index (χ3v) is 16.7. The van der Waals surface area contributed by atoms with Gasteiger partial charge in [0.05, 0.1) is 42.7 Å². The molecular formula is C76H93Cl2FN2O5. The molecule has 0 atom stereocenters. The molecule has 5 aliphatic heterocycles. The molecule has 7 nitrogen and oxygen atoms in total. The van der Waals surface area contributed by atoms with Crippen molar-refractivity contribution in [3.05, 3.63) is 216 Å². The second-order valence-electron chi connectivity index (χ2n) is 24.2. The number of anilines is 1. The molecule has 86 heavy (non-hydrogen) atoms. The first-order valence-corrected chi connectivity index (χ1v) is 32.0. The smallest absolute Gasteiger partial charge is 0.165 e. The Kier molecular flexibility index (Phi) is 25.5. The molecule has 0 saturated carbocycles. The largest absolute Gasteiger partial charge is 0.493 e. The molecule has 0 bridgehead atoms. The SMILES string of the molecule is CC(C)c1ccc(Cl)cc1.CC(C)c1ccc2c(c1)CCCO2.CC(C)c1ccc2c(c1Cl)NCCO2.CC(C)c1ccc2c3c(ccnc13)CCO2.CC(C)c1ccccc1.Cc1cc(F)c2c(c1C)CCCO2.Cc1ccc2c(c1)CCCO2. The molecule has 8 aromatic rings. The topological polar surface area (TPSA) is 71.1 Å². The summed E-state index contributed by atoms with van der Waals surface area (Å²) >= 11 is 12.0. The number of hydrogen-bond acceptors (Lipinski definition) is 7. The van der Waals surface area contributed by atoms with Crippen LogP contribution in [0.3, 0.4) is 0 Å². The number of aryl methyl sites for hydroxylation is 4. The zero-order chi connectivity index (χ0) is 61.9. The van der Waals surface area contributed by atoms with Crippen molar-refractivity contribution in [2.75, 3.05) is 44.9 Å². The minimum Gasteiger partial charge on any atom is -0.493 e. The molecule has 10 heteroatoms. The standard InChI is InChI=1S/C14H15NO.C12H16O.C11H14ClNO.C11H13FO.C10H12O.C9H11Cl.C9H12/c1-9(2)11-3-4-12-13-10(6-8-16-12)5-7-15-14(11)13;1-9(2)10-5-6-12-11(8-10)4-3-7-13-12;1-7(2)8-3-4-9-11(10(8)12)13-5-6-14-9;1-7-6-10(12)11-9(8(7)2)4-3-5-13-11;1-8-4-5-10-9(7-8)3-2-6-11-10;1-7(2)8-3-5-9(10)6-4-8;1-8(2)9-6-4-3-5-7-9/h3-5,7,9H,6,8H2,1-2H3;5-6,8-9H,3-4,7H2,1-2H3;3-4,7,13H,5-6H2,1-2H3;6H,3-5H2,1-2H3;4-5,7H,2-3,6H2,1H3;3-7H,1-2H3;3-8H,1-2H3. The van der Waals surface area contributed by atoms with Gasteiger partial charge in [-0.25, -0.2) is 4.39 Å². The van der Waals surface area contributed by atoms with Crippen molar-refractivity contribution in [3.63, 3.8) is 0 Å². The summed E-state index contributed by atoms with van der Waals surface area (Å²) < 4.78 is 40.9. The van der Waals surface area contributed by atoms with Gasteiger partial charge >= 0.3 is 0 Å². The highest BCUT2D eigenvalue weighted by Crippen LogP contribution is 2.40. The maximum atomic E-state index is 13.4. The third-order valence-electron chi connectivity index (χ3n) is 16.0. The number of fused-ring (bicyclic) bond motifs is 4. The van der Waals surface area contributed by atoms with Crippen molar-refractivity contribution in [2.45, 2.75) is 165 Å². The van der Waals surface area contributed by atoms with Gasteiger partial charge in [0.15, 0.2) is 11.6 Å². The van der Waals surface area contributed by atoms with Crippen LogP contribution in [0.4, 0.5) is 10.1 Å². The van der Waals surface area contributed by atoms with E-state index in [0.717, 1.165) is 114 Å². The summed E-state index contributed by atoms with van der Waals surface area (Å²) in [7, 11) is 0. The van der Waals surface area contributed by atoms with Crippen LogP contribution in [-0.2, 0) is 25.7 Å². The third kappa shape index (κ3) is 18.6. The fourth-order valence-electron chi connectivity index (χ4n) is 10.7. The molecule has 1 N–H and O–H groups in total. The van der Waals surface area contributed by atoms with Crippen molar-refractivity contribution < 1.29 is 28.1 Å². The van der Waals surface area contributed by atoms with Crippen molar-refractivity contribution in [2.24, 2.45) is 0 Å². The predicted molar refractivity (Wildman–Crippen MR) is 360 cm³/mol. The van der Waals surface area contributed by atoms with Crippen LogP contribution in [0.5, 0.6) is 28.7 Å². The van der Waals surface area contributed by atoms with Crippen LogP contribution in [0, 0.1) is 26.6 Å². The second-order valence-corrected chi connectivity index (χ2v) is 25.1. The summed E-state index contributed by atoms with van der Waals surface area (Å²) in [6.45, 7) is 32.7. The van der Waals surface area contributed by atoms with E-state index in [1.54, 1.807) is 6.07 Å². The Labute approximate surface area is 524 Å². The fraction of sp³-hybridized carbons (Fsp3) is 0.408. The van der Waals surface area contributed by atoms with Crippen LogP contribution < -0.4 is 29.0 Å². The zero-order valence-corrected chi connectivity index (χ0v) is 54.9. The minimum absolute atomic E-state index is 0.210. The molecule has 0 aliphatic carbocycles. The number of benzene rings is 7. The Bertz CT molecular complexity index is 3420. The van der Waals surface area contributed by atoms with Gasteiger partial charge < -0.3 is 29.0 Å². The van der Waals surface area contributed by atoms with Crippen LogP contribution in [-0.4, -0.2) is 44.6 Å². The summed E-state index contributed by atoms with van der Waals surface area (Å²) in [6.07, 6.45) is 9.53. The maximum Gasteiger partial charge on any atom is 0.165 e. The first kappa shape index (κ1) is 66.8. The quantitative estimate of drug-likeness (QED) is 0.184. The normalized spacial score (nSPS) is 13.8. The van der Waals surface area contributed by atoms with Crippen LogP contribution >= 0.6 is 23.2 Å². The Hall–Kier alpha value is -6.74. The summed E-state index contributed by atoms with van der Waals surface area (Å²) in [5.41, 5.74) is 17.4. The lowest BCUT2D eigenvalue weighted by Crippen LogP contribution is -2.18. The van der Waals surface area contributed by atoms with Crippen molar-refractivity contribution in [1.82, 2.24) is 4.98 Å². The molecule has 458 valence electrons. The van der Waals surface area contributed by atoms with Crippen molar-refractivity contribution >= 4 is 39.8 Å². The van der Waals surface area contributed by atoms with Crippen molar-refractivity contribution in [1.29, 1.82) is 0 Å². The molecule has 1 aromatic heterocycles. The molecule has 13 rings (SSSR count). The summed E-state index contributed by atoms with van der Waals surface area (Å²) in [4.78, 5) is 4.53. The van der Waals surface area contributed by atoms with Crippen LogP contribution in [0.15, 0.2) is 134 Å². The van der Waals surface area contributed by atoms with E-state index >= 15 is 0 Å². The van der Waals surface area contributed by atoms with Crippen LogP contribution in [0.25, 0.3) is 10.9 Å². The monoisotopic (exact) mass is 1200 g/mol. The minimum atomic E-state index is -0.210. The lowest BCUT2D eigenvalue weighted by molar-refractivity contribution is 0.272. The van der Waals surface area contributed by atoms with Crippen LogP contribution in [0.2, 0.25) is 10.0 Å². The van der Waals surface area contributed by atoms with Gasteiger partial charge in [-0.1, -0.05) is 177 Å². The van der Waals surface area contributed by atoms with Crippen LogP contribution in [0.1, 0.15) is 185 Å². The number of aromatic nitrogens is 1. The average molecular weight is 1200 g/mol. The van der Waals surface area contributed by atoms with Gasteiger partial charge in [-0.2, -0.15) is 0 Å². The highest BCUT2D eigenvalue weighted by molar-refractivity contribution is 6.34. The number of nitrogens with zero attached hydrogens (tertiary/aromatic N) is 1. The summed E-state index contributed by atoms with van der Waals surface area (Å²) in [5.74, 6) is 7.12. The average Bonchev–Trinajstić information content (AvgIpc) is 1.44. The Morgan fingerprint density at radius 3 is 1.66 bits per heavy atom. The molecule has 0 spiro atoms. The predicted octanol–water partition coefficient (Wildman–Crippen LogP) is 21.1. The van der Waals surface area contributed by atoms with Gasteiger partial charge in [0.1, 0.15) is 29.6 Å². The van der Waals surface area contributed by atoms with E-state index in [4.69, 9.17) is 46.9 Å².